The van der Waals surface area contributed by atoms with Crippen LogP contribution in [0.1, 0.15) is 0 Å². The molecule has 0 amide bonds. The molecule has 0 unspecified atom stereocenters. The van der Waals surface area contributed by atoms with Crippen LogP contribution in [0.4, 0.5) is 0 Å². The van der Waals surface area contributed by atoms with E-state index in [4.69, 9.17) is 0 Å². The summed E-state index contributed by atoms with van der Waals surface area (Å²) in [6.07, 6.45) is 0. The fraction of sp³-hybridized carbons (Fsp3) is 0. The van der Waals surface area contributed by atoms with Crippen LogP contribution < -0.4 is 26.5 Å². The standard InChI is InChI=1S/I24/c1-13-15(3)17(5)19(7)21(9)23(11)24(12)22(10)20(8)18(6)16(4)14-2/q-2. The van der Waals surface area contributed by atoms with Gasteiger partial charge in [-0.2, -0.15) is 0 Å². The molecule has 0 aliphatic carbocycles. The van der Waals surface area contributed by atoms with Gasteiger partial charge in [-0.15, -0.1) is 0 Å². The average Bonchev–Trinajstić information content (AvgIpc) is 2.61. The Morgan fingerprint density at radius 3 is 0.667 bits per heavy atom. The molecule has 0 bridgehead atoms. The van der Waals surface area contributed by atoms with E-state index in [0.717, 1.165) is 0 Å². The molecule has 0 aromatic rings. The zero-order valence-corrected chi connectivity index (χ0v) is 60.9. The van der Waals surface area contributed by atoms with Crippen molar-refractivity contribution in [1.29, 1.82) is 0 Å². The van der Waals surface area contributed by atoms with Crippen molar-refractivity contribution < 1.29 is 26.5 Å². The first-order valence-electron chi connectivity index (χ1n) is 3.29. The van der Waals surface area contributed by atoms with E-state index in [-0.39, 0.29) is 31.6 Å². The van der Waals surface area contributed by atoms with Crippen molar-refractivity contribution >= 4 is 302 Å². The first-order valence-corrected chi connectivity index (χ1v) is 148. The van der Waals surface area contributed by atoms with Gasteiger partial charge in [0.25, 0.3) is 0 Å². The van der Waals surface area contributed by atoms with E-state index in [0.29, 0.717) is 26.5 Å². The second kappa shape index (κ2) is 25.8. The maximum absolute atomic E-state index is 3.22. The summed E-state index contributed by atoms with van der Waals surface area (Å²) in [4.78, 5) is 0. The van der Waals surface area contributed by atoms with E-state index in [1.54, 1.807) is 0 Å². The molecule has 0 aromatic heterocycles. The molecule has 0 aromatic carbocycles. The number of hydrogen-bond donors (Lipinski definition) is 0. The van der Waals surface area contributed by atoms with Gasteiger partial charge in [0.15, 0.2) is 0 Å². The average molecular weight is 3050 g/mol. The zero-order chi connectivity index (χ0) is 19.2. The zero-order valence-electron chi connectivity index (χ0n) is 9.07. The summed E-state index contributed by atoms with van der Waals surface area (Å²) in [6.45, 7) is 0. The predicted octanol–water partition coefficient (Wildman–Crippen LogP) is 13.5. The van der Waals surface area contributed by atoms with Crippen LogP contribution in [0.3, 0.4) is 0 Å². The minimum atomic E-state index is -0.426. The summed E-state index contributed by atoms with van der Waals surface area (Å²) < 4.78 is 0. The third kappa shape index (κ3) is 17.7. The Morgan fingerprint density at radius 2 is 0.500 bits per heavy atom. The summed E-state index contributed by atoms with van der Waals surface area (Å²) in [7, 11) is -3.90. The van der Waals surface area contributed by atoms with Gasteiger partial charge in [-0.05, 0) is 0 Å². The molecule has 170 valence electrons. The van der Waals surface area contributed by atoms with E-state index < -0.39 is 47.4 Å². The number of hydrogen-bond acceptors (Lipinski definition) is 0. The molecule has 0 saturated carbocycles. The Hall–Kier alpha value is 17.5. The molecule has 0 fully saturated rings. The third-order valence-electron chi connectivity index (χ3n) is 0.816. The van der Waals surface area contributed by atoms with Crippen molar-refractivity contribution in [3.05, 3.63) is 0 Å². The molecule has 0 N–H and O–H groups in total. The molecule has 0 radical (unpaired) electrons. The molecular formula is I24-2. The van der Waals surface area contributed by atoms with Gasteiger partial charge < -0.3 is 0 Å². The minimum absolute atomic E-state index is 0.340. The topological polar surface area (TPSA) is 0 Å². The Bertz CT molecular complexity index is 288. The van der Waals surface area contributed by atoms with Crippen LogP contribution in [0.2, 0.25) is 0 Å². The third-order valence-corrected chi connectivity index (χ3v) is 1650. The van der Waals surface area contributed by atoms with Gasteiger partial charge in [0, 0.05) is 0 Å². The molecule has 24 heavy (non-hydrogen) atoms. The van der Waals surface area contributed by atoms with Crippen LogP contribution >= 0.6 is 302 Å². The summed E-state index contributed by atoms with van der Waals surface area (Å²) in [5.41, 5.74) is 0. The summed E-state index contributed by atoms with van der Waals surface area (Å²) in [5.74, 6) is 0. The quantitative estimate of drug-likeness (QED) is 0.181. The van der Waals surface area contributed by atoms with Gasteiger partial charge in [-0.1, -0.05) is 0 Å². The van der Waals surface area contributed by atoms with Crippen LogP contribution in [0.5, 0.6) is 0 Å². The van der Waals surface area contributed by atoms with Crippen molar-refractivity contribution in [2.75, 3.05) is 0 Å². The maximum atomic E-state index is 3.22. The normalized spacial score (nSPS) is 17.8. The number of halogens is 24. The molecule has 0 saturated heterocycles. The monoisotopic (exact) mass is 3050 g/mol. The van der Waals surface area contributed by atoms with Gasteiger partial charge >= 0.3 is 329 Å². The van der Waals surface area contributed by atoms with E-state index in [1.807, 2.05) is 0 Å². The second-order valence-electron chi connectivity index (χ2n) is 1.73. The molecule has 0 rings (SSSR count). The molecule has 0 spiro atoms. The van der Waals surface area contributed by atoms with Gasteiger partial charge in [0.2, 0.25) is 0 Å². The van der Waals surface area contributed by atoms with Gasteiger partial charge in [-0.25, -0.2) is 0 Å². The Morgan fingerprint density at radius 1 is 0.333 bits per heavy atom. The SMILES string of the molecule is I[I-]I(I)I(I)I(I)I(I)I(I)I(I)I(I)I(I)I(I)I(I)[I-]I. The molecule has 0 nitrogen and oxygen atoms in total. The molecule has 0 atom stereocenters. The van der Waals surface area contributed by atoms with Crippen LogP contribution in [0.25, 0.3) is 0 Å². The van der Waals surface area contributed by atoms with Crippen LogP contribution in [-0.2, 0) is 0 Å². The summed E-state index contributed by atoms with van der Waals surface area (Å²) >= 11 is 38.5. The Labute approximate surface area is 310 Å². The number of rotatable bonds is 11. The summed E-state index contributed by atoms with van der Waals surface area (Å²) in [5, 5.41) is 0. The van der Waals surface area contributed by atoms with Crippen LogP contribution in [-0.4, -0.2) is 0 Å². The molecule has 0 aliphatic rings. The van der Waals surface area contributed by atoms with Crippen molar-refractivity contribution in [3.8, 4) is 0 Å². The van der Waals surface area contributed by atoms with Crippen LogP contribution in [0, 0.1) is 0 Å². The van der Waals surface area contributed by atoms with Crippen molar-refractivity contribution in [2.24, 2.45) is 0 Å². The first-order chi connectivity index (χ1) is 11.0. The van der Waals surface area contributed by atoms with Crippen LogP contribution in [0.15, 0.2) is 0 Å². The van der Waals surface area contributed by atoms with E-state index in [9.17, 15) is 0 Å². The second-order valence-corrected chi connectivity index (χ2v) is 522. The van der Waals surface area contributed by atoms with Gasteiger partial charge in [0.1, 0.15) is 0 Å². The fourth-order valence-corrected chi connectivity index (χ4v) is 3770. The van der Waals surface area contributed by atoms with E-state index >= 15 is 0 Å². The van der Waals surface area contributed by atoms with Gasteiger partial charge in [0.05, 0.1) is 0 Å². The van der Waals surface area contributed by atoms with Crippen molar-refractivity contribution in [3.63, 3.8) is 0 Å². The molecule has 0 heterocycles. The van der Waals surface area contributed by atoms with Crippen molar-refractivity contribution in [1.82, 2.24) is 0 Å². The predicted molar refractivity (Wildman–Crippen MR) is 308 cm³/mol. The molecule has 24 heteroatoms. The Kier molecular flexibility index (Phi) is 44.6. The van der Waals surface area contributed by atoms with E-state index in [1.165, 1.54) is 0 Å². The molecule has 0 aliphatic heterocycles. The molecular weight excluding hydrogens is 3050 g/mol. The van der Waals surface area contributed by atoms with Crippen molar-refractivity contribution in [2.45, 2.75) is 0 Å². The summed E-state index contributed by atoms with van der Waals surface area (Å²) in [6, 6.07) is 0. The van der Waals surface area contributed by atoms with Gasteiger partial charge in [-0.3, -0.25) is 0 Å². The first kappa shape index (κ1) is 41.5. The fourth-order valence-electron chi connectivity index (χ4n) is 0.278. The Balaban J connectivity index is 4.92. The van der Waals surface area contributed by atoms with E-state index in [2.05, 4.69) is 223 Å².